The molecule has 0 saturated carbocycles. The molecular formula is C9H20ClNO2. The first-order chi connectivity index (χ1) is 6.24. The minimum Gasteiger partial charge on any atom is -0.395 e. The van der Waals surface area contributed by atoms with Gasteiger partial charge in [-0.2, -0.15) is 0 Å². The SMILES string of the molecule is CCCCN(CCO)CC(O)CCl. The van der Waals surface area contributed by atoms with Crippen LogP contribution in [-0.2, 0) is 0 Å². The maximum Gasteiger partial charge on any atom is 0.0802 e. The van der Waals surface area contributed by atoms with Crippen molar-refractivity contribution >= 4 is 11.6 Å². The van der Waals surface area contributed by atoms with Crippen molar-refractivity contribution in [2.75, 3.05) is 32.1 Å². The normalized spacial score (nSPS) is 13.6. The zero-order valence-corrected chi connectivity index (χ0v) is 9.00. The van der Waals surface area contributed by atoms with Crippen molar-refractivity contribution in [2.24, 2.45) is 0 Å². The van der Waals surface area contributed by atoms with E-state index in [1.165, 1.54) is 0 Å². The van der Waals surface area contributed by atoms with Crippen LogP contribution in [-0.4, -0.2) is 53.3 Å². The fraction of sp³-hybridized carbons (Fsp3) is 1.00. The predicted molar refractivity (Wildman–Crippen MR) is 55.2 cm³/mol. The Hall–Kier alpha value is 0.170. The number of aliphatic hydroxyl groups is 2. The van der Waals surface area contributed by atoms with Crippen LogP contribution in [0.2, 0.25) is 0 Å². The Kier molecular flexibility index (Phi) is 8.87. The molecule has 0 aromatic heterocycles. The van der Waals surface area contributed by atoms with Crippen molar-refractivity contribution in [3.63, 3.8) is 0 Å². The molecule has 13 heavy (non-hydrogen) atoms. The number of hydrogen-bond acceptors (Lipinski definition) is 3. The van der Waals surface area contributed by atoms with E-state index >= 15 is 0 Å². The molecule has 0 amide bonds. The molecule has 0 rings (SSSR count). The number of rotatable bonds is 8. The van der Waals surface area contributed by atoms with Gasteiger partial charge in [0.15, 0.2) is 0 Å². The molecule has 0 fully saturated rings. The molecule has 0 aliphatic rings. The van der Waals surface area contributed by atoms with Crippen LogP contribution in [0.1, 0.15) is 19.8 Å². The van der Waals surface area contributed by atoms with Crippen molar-refractivity contribution < 1.29 is 10.2 Å². The molecule has 0 saturated heterocycles. The van der Waals surface area contributed by atoms with Gasteiger partial charge in [-0.3, -0.25) is 4.90 Å². The summed E-state index contributed by atoms with van der Waals surface area (Å²) in [6.45, 7) is 4.36. The first-order valence-electron chi connectivity index (χ1n) is 4.81. The van der Waals surface area contributed by atoms with Crippen LogP contribution in [0.25, 0.3) is 0 Å². The van der Waals surface area contributed by atoms with Crippen LogP contribution in [0.5, 0.6) is 0 Å². The number of unbranched alkanes of at least 4 members (excludes halogenated alkanes) is 1. The molecule has 0 bridgehead atoms. The van der Waals surface area contributed by atoms with Crippen molar-refractivity contribution in [1.82, 2.24) is 4.90 Å². The van der Waals surface area contributed by atoms with Crippen molar-refractivity contribution in [2.45, 2.75) is 25.9 Å². The Labute approximate surface area is 85.3 Å². The highest BCUT2D eigenvalue weighted by Gasteiger charge is 2.09. The number of alkyl halides is 1. The third-order valence-corrected chi connectivity index (χ3v) is 2.25. The Morgan fingerprint density at radius 2 is 2.08 bits per heavy atom. The molecule has 0 aliphatic heterocycles. The van der Waals surface area contributed by atoms with Crippen LogP contribution in [0.4, 0.5) is 0 Å². The van der Waals surface area contributed by atoms with Crippen molar-refractivity contribution in [3.8, 4) is 0 Å². The molecule has 4 heteroatoms. The molecule has 3 nitrogen and oxygen atoms in total. The molecule has 2 N–H and O–H groups in total. The third kappa shape index (κ3) is 7.26. The number of halogens is 1. The molecule has 0 aromatic rings. The second-order valence-corrected chi connectivity index (χ2v) is 3.49. The lowest BCUT2D eigenvalue weighted by atomic mass is 10.3. The highest BCUT2D eigenvalue weighted by molar-refractivity contribution is 6.18. The molecule has 0 aromatic carbocycles. The molecule has 0 spiro atoms. The Bertz CT molecular complexity index is 114. The van der Waals surface area contributed by atoms with Crippen LogP contribution >= 0.6 is 11.6 Å². The van der Waals surface area contributed by atoms with E-state index in [0.29, 0.717) is 13.1 Å². The summed E-state index contributed by atoms with van der Waals surface area (Å²) < 4.78 is 0. The van der Waals surface area contributed by atoms with E-state index in [1.807, 2.05) is 4.90 Å². The van der Waals surface area contributed by atoms with E-state index in [9.17, 15) is 5.11 Å². The van der Waals surface area contributed by atoms with Gasteiger partial charge in [0.2, 0.25) is 0 Å². The molecular weight excluding hydrogens is 190 g/mol. The lowest BCUT2D eigenvalue weighted by molar-refractivity contribution is 0.112. The summed E-state index contributed by atoms with van der Waals surface area (Å²) in [5, 5.41) is 18.1. The second-order valence-electron chi connectivity index (χ2n) is 3.19. The maximum absolute atomic E-state index is 9.30. The first-order valence-corrected chi connectivity index (χ1v) is 5.35. The van der Waals surface area contributed by atoms with Gasteiger partial charge in [0.1, 0.15) is 0 Å². The van der Waals surface area contributed by atoms with Gasteiger partial charge in [0.05, 0.1) is 12.7 Å². The summed E-state index contributed by atoms with van der Waals surface area (Å²) in [5.41, 5.74) is 0. The Balaban J connectivity index is 3.65. The zero-order valence-electron chi connectivity index (χ0n) is 8.25. The van der Waals surface area contributed by atoms with Crippen molar-refractivity contribution in [1.29, 1.82) is 0 Å². The number of nitrogens with zero attached hydrogens (tertiary/aromatic N) is 1. The van der Waals surface area contributed by atoms with Crippen LogP contribution in [0, 0.1) is 0 Å². The Morgan fingerprint density at radius 1 is 1.38 bits per heavy atom. The van der Waals surface area contributed by atoms with E-state index in [2.05, 4.69) is 6.92 Å². The summed E-state index contributed by atoms with van der Waals surface area (Å²) in [6.07, 6.45) is 1.73. The highest BCUT2D eigenvalue weighted by Crippen LogP contribution is 1.98. The molecule has 0 aliphatic carbocycles. The molecule has 0 radical (unpaired) electrons. The summed E-state index contributed by atoms with van der Waals surface area (Å²) in [7, 11) is 0. The van der Waals surface area contributed by atoms with Gasteiger partial charge in [0, 0.05) is 19.0 Å². The molecule has 1 unspecified atom stereocenters. The molecule has 0 heterocycles. The minimum absolute atomic E-state index is 0.138. The lowest BCUT2D eigenvalue weighted by Gasteiger charge is -2.22. The summed E-state index contributed by atoms with van der Waals surface area (Å²) in [5.74, 6) is 0.258. The van der Waals surface area contributed by atoms with Crippen molar-refractivity contribution in [3.05, 3.63) is 0 Å². The average Bonchev–Trinajstić information content (AvgIpc) is 2.14. The first kappa shape index (κ1) is 13.2. The van der Waals surface area contributed by atoms with Gasteiger partial charge in [-0.15, -0.1) is 11.6 Å². The van der Waals surface area contributed by atoms with Crippen LogP contribution in [0.15, 0.2) is 0 Å². The Morgan fingerprint density at radius 3 is 2.54 bits per heavy atom. The predicted octanol–water partition coefficient (Wildman–Crippen LogP) is 0.681. The van der Waals surface area contributed by atoms with E-state index < -0.39 is 6.10 Å². The third-order valence-electron chi connectivity index (χ3n) is 1.89. The fourth-order valence-corrected chi connectivity index (χ4v) is 1.26. The van der Waals surface area contributed by atoms with E-state index in [-0.39, 0.29) is 12.5 Å². The van der Waals surface area contributed by atoms with Gasteiger partial charge in [-0.1, -0.05) is 13.3 Å². The topological polar surface area (TPSA) is 43.7 Å². The fourth-order valence-electron chi connectivity index (χ4n) is 1.16. The lowest BCUT2D eigenvalue weighted by Crippen LogP contribution is -2.36. The van der Waals surface area contributed by atoms with Crippen LogP contribution in [0.3, 0.4) is 0 Å². The van der Waals surface area contributed by atoms with Gasteiger partial charge in [-0.25, -0.2) is 0 Å². The summed E-state index contributed by atoms with van der Waals surface area (Å²) in [6, 6.07) is 0. The largest absolute Gasteiger partial charge is 0.395 e. The highest BCUT2D eigenvalue weighted by atomic mass is 35.5. The maximum atomic E-state index is 9.30. The second kappa shape index (κ2) is 8.75. The van der Waals surface area contributed by atoms with E-state index in [0.717, 1.165) is 19.4 Å². The van der Waals surface area contributed by atoms with Gasteiger partial charge >= 0.3 is 0 Å². The monoisotopic (exact) mass is 209 g/mol. The van der Waals surface area contributed by atoms with Gasteiger partial charge in [0.25, 0.3) is 0 Å². The average molecular weight is 210 g/mol. The minimum atomic E-state index is -0.481. The summed E-state index contributed by atoms with van der Waals surface area (Å²) in [4.78, 5) is 2.04. The van der Waals surface area contributed by atoms with Crippen LogP contribution < -0.4 is 0 Å². The van der Waals surface area contributed by atoms with E-state index in [4.69, 9.17) is 16.7 Å². The van der Waals surface area contributed by atoms with E-state index in [1.54, 1.807) is 0 Å². The quantitative estimate of drug-likeness (QED) is 0.578. The van der Waals surface area contributed by atoms with Gasteiger partial charge in [-0.05, 0) is 13.0 Å². The standard InChI is InChI=1S/C9H20ClNO2/c1-2-3-4-11(5-6-12)8-9(13)7-10/h9,12-13H,2-8H2,1H3. The summed E-state index contributed by atoms with van der Waals surface area (Å²) >= 11 is 5.49. The molecule has 1 atom stereocenters. The van der Waals surface area contributed by atoms with Gasteiger partial charge < -0.3 is 10.2 Å². The number of aliphatic hydroxyl groups excluding tert-OH is 2. The zero-order chi connectivity index (χ0) is 10.1. The number of hydrogen-bond donors (Lipinski definition) is 2. The smallest absolute Gasteiger partial charge is 0.0802 e. The molecule has 80 valence electrons.